The first-order chi connectivity index (χ1) is 13.5. The summed E-state index contributed by atoms with van der Waals surface area (Å²) < 4.78 is 5.38. The molecule has 7 heteroatoms. The molecule has 0 aliphatic carbocycles. The fourth-order valence-corrected chi connectivity index (χ4v) is 4.53. The number of para-hydroxylation sites is 1. The van der Waals surface area contributed by atoms with Crippen LogP contribution in [0.1, 0.15) is 44.2 Å². The molecule has 3 rings (SSSR count). The van der Waals surface area contributed by atoms with E-state index in [-0.39, 0.29) is 23.9 Å². The minimum Gasteiger partial charge on any atom is -0.496 e. The van der Waals surface area contributed by atoms with Crippen molar-refractivity contribution in [3.63, 3.8) is 0 Å². The molecule has 0 bridgehead atoms. The highest BCUT2D eigenvalue weighted by Gasteiger charge is 2.35. The number of likely N-dealkylation sites (tertiary alicyclic amines) is 2. The molecule has 28 heavy (non-hydrogen) atoms. The fraction of sp³-hybridized carbons (Fsp3) is 0.619. The van der Waals surface area contributed by atoms with E-state index in [9.17, 15) is 9.59 Å². The number of hydrogen-bond donors (Lipinski definition) is 2. The Morgan fingerprint density at radius 1 is 1.21 bits per heavy atom. The molecule has 0 aromatic heterocycles. The van der Waals surface area contributed by atoms with Crippen LogP contribution < -0.4 is 15.8 Å². The van der Waals surface area contributed by atoms with Gasteiger partial charge in [0, 0.05) is 24.7 Å². The molecule has 7 nitrogen and oxygen atoms in total. The fourth-order valence-electron chi connectivity index (χ4n) is 4.53. The van der Waals surface area contributed by atoms with Crippen molar-refractivity contribution in [1.29, 1.82) is 0 Å². The second-order valence-corrected chi connectivity index (χ2v) is 7.84. The molecule has 2 fully saturated rings. The largest absolute Gasteiger partial charge is 0.496 e. The van der Waals surface area contributed by atoms with E-state index in [0.29, 0.717) is 12.6 Å². The Morgan fingerprint density at radius 3 is 2.61 bits per heavy atom. The van der Waals surface area contributed by atoms with Crippen molar-refractivity contribution in [1.82, 2.24) is 15.1 Å². The van der Waals surface area contributed by atoms with Crippen LogP contribution in [0.4, 0.5) is 0 Å². The third-order valence-corrected chi connectivity index (χ3v) is 6.00. The molecule has 3 N–H and O–H groups in total. The van der Waals surface area contributed by atoms with Gasteiger partial charge in [-0.3, -0.25) is 19.4 Å². The second-order valence-electron chi connectivity index (χ2n) is 7.84. The van der Waals surface area contributed by atoms with Gasteiger partial charge in [0.2, 0.25) is 11.8 Å². The normalized spacial score (nSPS) is 22.7. The first-order valence-electron chi connectivity index (χ1n) is 10.2. The SMILES string of the molecule is COc1ccccc1[C@@H](C)NC(=O)CN1CCC(N2CCC[C@H]2C(N)=O)CC1. The predicted molar refractivity (Wildman–Crippen MR) is 108 cm³/mol. The maximum atomic E-state index is 12.5. The zero-order chi connectivity index (χ0) is 20.1. The minimum absolute atomic E-state index is 0.0213. The number of carbonyl (C=O) groups is 2. The summed E-state index contributed by atoms with van der Waals surface area (Å²) in [5.41, 5.74) is 6.53. The lowest BCUT2D eigenvalue weighted by molar-refractivity contribution is -0.123. The van der Waals surface area contributed by atoms with E-state index in [2.05, 4.69) is 15.1 Å². The van der Waals surface area contributed by atoms with Crippen molar-refractivity contribution in [3.8, 4) is 5.75 Å². The van der Waals surface area contributed by atoms with Crippen LogP contribution in [0, 0.1) is 0 Å². The van der Waals surface area contributed by atoms with Crippen LogP contribution in [0.25, 0.3) is 0 Å². The lowest BCUT2D eigenvalue weighted by Gasteiger charge is -2.38. The van der Waals surface area contributed by atoms with Crippen molar-refractivity contribution in [2.45, 2.75) is 50.7 Å². The number of benzene rings is 1. The van der Waals surface area contributed by atoms with E-state index in [1.165, 1.54) is 0 Å². The number of amides is 2. The molecule has 0 radical (unpaired) electrons. The number of hydrogen-bond acceptors (Lipinski definition) is 5. The van der Waals surface area contributed by atoms with Gasteiger partial charge in [0.15, 0.2) is 0 Å². The lowest BCUT2D eigenvalue weighted by atomic mass is 10.0. The van der Waals surface area contributed by atoms with Crippen LogP contribution in [0.15, 0.2) is 24.3 Å². The van der Waals surface area contributed by atoms with E-state index < -0.39 is 0 Å². The molecule has 154 valence electrons. The Hall–Kier alpha value is -2.12. The topological polar surface area (TPSA) is 87.9 Å². The Balaban J connectivity index is 1.47. The van der Waals surface area contributed by atoms with Crippen molar-refractivity contribution in [2.24, 2.45) is 5.73 Å². The number of carbonyl (C=O) groups excluding carboxylic acids is 2. The van der Waals surface area contributed by atoms with Crippen LogP contribution >= 0.6 is 0 Å². The number of piperidine rings is 1. The van der Waals surface area contributed by atoms with E-state index >= 15 is 0 Å². The molecule has 2 amide bonds. The smallest absolute Gasteiger partial charge is 0.234 e. The summed E-state index contributed by atoms with van der Waals surface area (Å²) in [6.07, 6.45) is 3.86. The number of methoxy groups -OCH3 is 1. The first-order valence-corrected chi connectivity index (χ1v) is 10.2. The van der Waals surface area contributed by atoms with Gasteiger partial charge in [-0.15, -0.1) is 0 Å². The summed E-state index contributed by atoms with van der Waals surface area (Å²) in [7, 11) is 1.64. The maximum Gasteiger partial charge on any atom is 0.234 e. The molecule has 0 unspecified atom stereocenters. The number of nitrogens with zero attached hydrogens (tertiary/aromatic N) is 2. The molecule has 2 aliphatic heterocycles. The average Bonchev–Trinajstić information content (AvgIpc) is 3.18. The summed E-state index contributed by atoms with van der Waals surface area (Å²) in [4.78, 5) is 28.6. The van der Waals surface area contributed by atoms with Crippen LogP contribution in [0.3, 0.4) is 0 Å². The molecule has 0 saturated carbocycles. The Kier molecular flexibility index (Phi) is 6.91. The molecule has 2 aliphatic rings. The third kappa shape index (κ3) is 4.83. The number of ether oxygens (including phenoxy) is 1. The highest BCUT2D eigenvalue weighted by atomic mass is 16.5. The van der Waals surface area contributed by atoms with E-state index in [1.807, 2.05) is 31.2 Å². The summed E-state index contributed by atoms with van der Waals surface area (Å²) in [6, 6.07) is 7.92. The summed E-state index contributed by atoms with van der Waals surface area (Å²) in [5.74, 6) is 0.600. The molecular weight excluding hydrogens is 356 g/mol. The van der Waals surface area contributed by atoms with Gasteiger partial charge in [0.1, 0.15) is 5.75 Å². The monoisotopic (exact) mass is 388 g/mol. The number of rotatable bonds is 7. The van der Waals surface area contributed by atoms with E-state index in [1.54, 1.807) is 7.11 Å². The number of nitrogens with one attached hydrogen (secondary N) is 1. The van der Waals surface area contributed by atoms with Crippen molar-refractivity contribution >= 4 is 11.8 Å². The highest BCUT2D eigenvalue weighted by molar-refractivity contribution is 5.80. The van der Waals surface area contributed by atoms with Crippen LogP contribution in [0.5, 0.6) is 5.75 Å². The van der Waals surface area contributed by atoms with Gasteiger partial charge in [-0.25, -0.2) is 0 Å². The molecule has 1 aromatic rings. The Bertz CT molecular complexity index is 688. The van der Waals surface area contributed by atoms with E-state index in [4.69, 9.17) is 10.5 Å². The number of nitrogens with two attached hydrogens (primary N) is 1. The van der Waals surface area contributed by atoms with Gasteiger partial charge < -0.3 is 15.8 Å². The van der Waals surface area contributed by atoms with Gasteiger partial charge in [-0.1, -0.05) is 18.2 Å². The number of primary amides is 1. The van der Waals surface area contributed by atoms with Crippen molar-refractivity contribution in [3.05, 3.63) is 29.8 Å². The van der Waals surface area contributed by atoms with Gasteiger partial charge in [-0.05, 0) is 45.2 Å². The van der Waals surface area contributed by atoms with Crippen LogP contribution in [0.2, 0.25) is 0 Å². The molecule has 1 aromatic carbocycles. The average molecular weight is 389 g/mol. The third-order valence-electron chi connectivity index (χ3n) is 6.00. The van der Waals surface area contributed by atoms with Gasteiger partial charge >= 0.3 is 0 Å². The first kappa shape index (κ1) is 20.6. The minimum atomic E-state index is -0.204. The van der Waals surface area contributed by atoms with Gasteiger partial charge in [-0.2, -0.15) is 0 Å². The molecular formula is C21H32N4O3. The van der Waals surface area contributed by atoms with E-state index in [0.717, 1.165) is 56.6 Å². The van der Waals surface area contributed by atoms with Gasteiger partial charge in [0.05, 0.1) is 25.7 Å². The summed E-state index contributed by atoms with van der Waals surface area (Å²) in [5, 5.41) is 3.07. The van der Waals surface area contributed by atoms with Crippen LogP contribution in [-0.4, -0.2) is 67.0 Å². The predicted octanol–water partition coefficient (Wildman–Crippen LogP) is 1.29. The van der Waals surface area contributed by atoms with Gasteiger partial charge in [0.25, 0.3) is 0 Å². The molecule has 0 spiro atoms. The molecule has 2 saturated heterocycles. The van der Waals surface area contributed by atoms with Crippen molar-refractivity contribution in [2.75, 3.05) is 33.3 Å². The zero-order valence-electron chi connectivity index (χ0n) is 16.9. The summed E-state index contributed by atoms with van der Waals surface area (Å²) >= 11 is 0. The summed E-state index contributed by atoms with van der Waals surface area (Å²) in [6.45, 7) is 5.05. The lowest BCUT2D eigenvalue weighted by Crippen LogP contribution is -2.51. The Morgan fingerprint density at radius 2 is 1.93 bits per heavy atom. The maximum absolute atomic E-state index is 12.5. The zero-order valence-corrected chi connectivity index (χ0v) is 16.9. The standard InChI is InChI=1S/C21H32N4O3/c1-15(17-6-3-4-8-19(17)28-2)23-20(26)14-24-12-9-16(10-13-24)25-11-5-7-18(25)21(22)27/h3-4,6,8,15-16,18H,5,7,9-14H2,1-2H3,(H2,22,27)(H,23,26)/t15-,18+/m1/s1. The quantitative estimate of drug-likeness (QED) is 0.735. The van der Waals surface area contributed by atoms with Crippen LogP contribution in [-0.2, 0) is 9.59 Å². The van der Waals surface area contributed by atoms with Crippen molar-refractivity contribution < 1.29 is 14.3 Å². The highest BCUT2D eigenvalue weighted by Crippen LogP contribution is 2.26. The molecule has 2 atom stereocenters. The Labute approximate surface area is 167 Å². The second kappa shape index (κ2) is 9.39. The molecule has 2 heterocycles.